The molecule has 0 spiro atoms. The number of benzene rings is 1. The summed E-state index contributed by atoms with van der Waals surface area (Å²) < 4.78 is 2.04. The summed E-state index contributed by atoms with van der Waals surface area (Å²) >= 11 is 0. The lowest BCUT2D eigenvalue weighted by Crippen LogP contribution is -2.25. The summed E-state index contributed by atoms with van der Waals surface area (Å²) in [4.78, 5) is 48.8. The van der Waals surface area contributed by atoms with Crippen molar-refractivity contribution in [1.29, 1.82) is 0 Å². The standard InChI is InChI=1S/C16H12N2O4/c1-3-5-17-13(19)9-7-11-12(8-10(9)14(17)20)16(22)18(6-4-2)15(11)21/h1-2,7-8H,3-6H2. The zero-order valence-corrected chi connectivity index (χ0v) is 11.7. The van der Waals surface area contributed by atoms with Gasteiger partial charge in [-0.15, -0.1) is 0 Å². The normalized spacial score (nSPS) is 11.7. The first-order valence-electron chi connectivity index (χ1n) is 6.81. The first kappa shape index (κ1) is 14.4. The maximum atomic E-state index is 12.2. The van der Waals surface area contributed by atoms with E-state index < -0.39 is 22.2 Å². The number of aromatic nitrogens is 2. The monoisotopic (exact) mass is 296 g/mol. The lowest BCUT2D eigenvalue weighted by Gasteiger charge is -1.93. The minimum absolute atomic E-state index is 0.0954. The maximum absolute atomic E-state index is 12.2. The molecule has 0 amide bonds. The van der Waals surface area contributed by atoms with Gasteiger partial charge in [-0.05, 0) is 38.8 Å². The molecule has 0 unspecified atom stereocenters. The Morgan fingerprint density at radius 3 is 1.14 bits per heavy atom. The maximum Gasteiger partial charge on any atom is 0.261 e. The highest BCUT2D eigenvalue weighted by Gasteiger charge is 2.18. The molecule has 0 aliphatic rings. The molecule has 0 N–H and O–H groups in total. The van der Waals surface area contributed by atoms with E-state index in [9.17, 15) is 19.2 Å². The van der Waals surface area contributed by atoms with Gasteiger partial charge < -0.3 is 0 Å². The average molecular weight is 296 g/mol. The number of hydrogen-bond acceptors (Lipinski definition) is 4. The molecule has 6 heteroatoms. The van der Waals surface area contributed by atoms with Crippen LogP contribution in [-0.2, 0) is 13.1 Å². The van der Waals surface area contributed by atoms with Gasteiger partial charge in [0.1, 0.15) is 0 Å². The number of fused-ring (bicyclic) bond motifs is 2. The van der Waals surface area contributed by atoms with Gasteiger partial charge in [0.15, 0.2) is 0 Å². The molecule has 3 aromatic rings. The minimum atomic E-state index is -0.495. The van der Waals surface area contributed by atoms with Gasteiger partial charge in [-0.1, -0.05) is 0 Å². The van der Waals surface area contributed by atoms with Gasteiger partial charge >= 0.3 is 0 Å². The van der Waals surface area contributed by atoms with Crippen molar-refractivity contribution in [3.63, 3.8) is 0 Å². The Hall–Kier alpha value is -2.50. The SMILES string of the molecule is [CH]CCn1c(=O)c2cc3c(=O)n(CC[CH])c(=O)c3cc2c1=O. The van der Waals surface area contributed by atoms with Crippen LogP contribution in [-0.4, -0.2) is 9.13 Å². The van der Waals surface area contributed by atoms with Crippen molar-refractivity contribution < 1.29 is 0 Å². The van der Waals surface area contributed by atoms with Crippen LogP contribution in [0, 0.1) is 13.8 Å². The fraction of sp³-hybridized carbons (Fsp3) is 0.250. The van der Waals surface area contributed by atoms with Gasteiger partial charge in [0, 0.05) is 13.1 Å². The molecule has 0 atom stereocenters. The van der Waals surface area contributed by atoms with Crippen LogP contribution in [0.1, 0.15) is 12.8 Å². The topological polar surface area (TPSA) is 78.1 Å². The smallest absolute Gasteiger partial charge is 0.261 e. The van der Waals surface area contributed by atoms with Gasteiger partial charge in [0.25, 0.3) is 22.2 Å². The molecule has 4 radical (unpaired) electrons. The number of hydrogen-bond donors (Lipinski definition) is 0. The summed E-state index contributed by atoms with van der Waals surface area (Å²) in [5.74, 6) is 0. The second kappa shape index (κ2) is 5.05. The number of rotatable bonds is 4. The van der Waals surface area contributed by atoms with Crippen molar-refractivity contribution in [3.8, 4) is 0 Å². The van der Waals surface area contributed by atoms with E-state index in [-0.39, 0.29) is 47.5 Å². The highest BCUT2D eigenvalue weighted by atomic mass is 16.2. The van der Waals surface area contributed by atoms with Crippen LogP contribution in [0.4, 0.5) is 0 Å². The molecule has 2 heterocycles. The molecule has 0 fully saturated rings. The lowest BCUT2D eigenvalue weighted by molar-refractivity contribution is 0.674. The first-order chi connectivity index (χ1) is 10.5. The largest absolute Gasteiger partial charge is 0.274 e. The predicted octanol–water partition coefficient (Wildman–Crippen LogP) is 0.115. The van der Waals surface area contributed by atoms with Crippen molar-refractivity contribution in [2.24, 2.45) is 0 Å². The molecule has 0 aliphatic carbocycles. The van der Waals surface area contributed by atoms with Gasteiger partial charge in [-0.3, -0.25) is 28.3 Å². The molecule has 6 nitrogen and oxygen atoms in total. The van der Waals surface area contributed by atoms with Gasteiger partial charge in [-0.2, -0.15) is 0 Å². The molecule has 2 aromatic heterocycles. The van der Waals surface area contributed by atoms with Gasteiger partial charge in [0.05, 0.1) is 21.5 Å². The van der Waals surface area contributed by atoms with E-state index in [1.807, 2.05) is 0 Å². The molecule has 0 saturated heterocycles. The van der Waals surface area contributed by atoms with Crippen molar-refractivity contribution in [2.75, 3.05) is 0 Å². The molecule has 0 aliphatic heterocycles. The summed E-state index contributed by atoms with van der Waals surface area (Å²) in [7, 11) is 0. The molecular weight excluding hydrogens is 284 g/mol. The van der Waals surface area contributed by atoms with Crippen molar-refractivity contribution in [3.05, 3.63) is 67.4 Å². The van der Waals surface area contributed by atoms with Crippen LogP contribution < -0.4 is 22.2 Å². The Bertz CT molecular complexity index is 915. The van der Waals surface area contributed by atoms with E-state index in [2.05, 4.69) is 0 Å². The highest BCUT2D eigenvalue weighted by molar-refractivity contribution is 5.97. The minimum Gasteiger partial charge on any atom is -0.274 e. The van der Waals surface area contributed by atoms with Gasteiger partial charge in [0.2, 0.25) is 0 Å². The molecule has 22 heavy (non-hydrogen) atoms. The summed E-state index contributed by atoms with van der Waals surface area (Å²) in [6.07, 6.45) is 0.292. The predicted molar refractivity (Wildman–Crippen MR) is 82.7 cm³/mol. The van der Waals surface area contributed by atoms with E-state index in [4.69, 9.17) is 13.8 Å². The molecule has 0 bridgehead atoms. The summed E-state index contributed by atoms with van der Waals surface area (Å²) in [5, 5.41) is 0.529. The number of nitrogens with zero attached hydrogens (tertiary/aromatic N) is 2. The summed E-state index contributed by atoms with van der Waals surface area (Å²) in [5.41, 5.74) is -1.98. The third-order valence-corrected chi connectivity index (χ3v) is 3.77. The van der Waals surface area contributed by atoms with Crippen LogP contribution in [0.15, 0.2) is 31.3 Å². The molecule has 3 rings (SSSR count). The Balaban J connectivity index is 2.47. The van der Waals surface area contributed by atoms with E-state index in [1.165, 1.54) is 12.1 Å². The Kier molecular flexibility index (Phi) is 3.31. The molecule has 1 aromatic carbocycles. The van der Waals surface area contributed by atoms with E-state index in [0.717, 1.165) is 9.13 Å². The fourth-order valence-electron chi connectivity index (χ4n) is 2.74. The average Bonchev–Trinajstić information content (AvgIpc) is 2.88. The molecule has 0 saturated carbocycles. The molecular formula is C16H12N2O4. The Morgan fingerprint density at radius 1 is 0.636 bits per heavy atom. The van der Waals surface area contributed by atoms with E-state index >= 15 is 0 Å². The summed E-state index contributed by atoms with van der Waals surface area (Å²) in [6, 6.07) is 2.64. The van der Waals surface area contributed by atoms with Crippen LogP contribution in [0.25, 0.3) is 21.5 Å². The zero-order valence-electron chi connectivity index (χ0n) is 11.7. The Labute approximate surface area is 124 Å². The molecule has 110 valence electrons. The highest BCUT2D eigenvalue weighted by Crippen LogP contribution is 2.14. The quantitative estimate of drug-likeness (QED) is 0.685. The van der Waals surface area contributed by atoms with Crippen molar-refractivity contribution in [1.82, 2.24) is 9.13 Å². The van der Waals surface area contributed by atoms with E-state index in [1.54, 1.807) is 0 Å². The van der Waals surface area contributed by atoms with Gasteiger partial charge in [-0.25, -0.2) is 0 Å². The lowest BCUT2D eigenvalue weighted by atomic mass is 10.1. The van der Waals surface area contributed by atoms with Crippen molar-refractivity contribution >= 4 is 21.5 Å². The van der Waals surface area contributed by atoms with Crippen LogP contribution in [0.3, 0.4) is 0 Å². The first-order valence-corrected chi connectivity index (χ1v) is 6.81. The van der Waals surface area contributed by atoms with Crippen LogP contribution >= 0.6 is 0 Å². The summed E-state index contributed by atoms with van der Waals surface area (Å²) in [6.45, 7) is 11.0. The second-order valence-corrected chi connectivity index (χ2v) is 5.04. The van der Waals surface area contributed by atoms with Crippen LogP contribution in [0.5, 0.6) is 0 Å². The van der Waals surface area contributed by atoms with E-state index in [0.29, 0.717) is 0 Å². The van der Waals surface area contributed by atoms with Crippen molar-refractivity contribution in [2.45, 2.75) is 25.9 Å². The third-order valence-electron chi connectivity index (χ3n) is 3.77. The fourth-order valence-corrected chi connectivity index (χ4v) is 2.74. The Morgan fingerprint density at radius 2 is 0.909 bits per heavy atom. The van der Waals surface area contributed by atoms with Crippen LogP contribution in [0.2, 0.25) is 0 Å². The zero-order chi connectivity index (χ0) is 16.0. The third kappa shape index (κ3) is 1.80. The second-order valence-electron chi connectivity index (χ2n) is 5.04.